The van der Waals surface area contributed by atoms with Crippen LogP contribution in [0.25, 0.3) is 0 Å². The fraction of sp³-hybridized carbons (Fsp3) is 0.533. The van der Waals surface area contributed by atoms with Crippen LogP contribution < -0.4 is 4.74 Å². The summed E-state index contributed by atoms with van der Waals surface area (Å²) in [7, 11) is 0. The zero-order valence-corrected chi connectivity index (χ0v) is 13.4. The minimum Gasteiger partial charge on any atom is -0.479 e. The summed E-state index contributed by atoms with van der Waals surface area (Å²) in [6, 6.07) is 4.92. The minimum atomic E-state index is -0.602. The minimum absolute atomic E-state index is 0.0580. The van der Waals surface area contributed by atoms with Crippen molar-refractivity contribution in [1.82, 2.24) is 4.90 Å². The molecule has 1 N–H and O–H groups in total. The summed E-state index contributed by atoms with van der Waals surface area (Å²) in [5.41, 5.74) is 0. The van der Waals surface area contributed by atoms with Gasteiger partial charge >= 0.3 is 0 Å². The Hall–Kier alpha value is -0.970. The lowest BCUT2D eigenvalue weighted by molar-refractivity contribution is -0.139. The second kappa shape index (κ2) is 7.34. The van der Waals surface area contributed by atoms with E-state index in [0.29, 0.717) is 34.8 Å². The zero-order valence-electron chi connectivity index (χ0n) is 11.9. The van der Waals surface area contributed by atoms with Crippen molar-refractivity contribution < 1.29 is 14.6 Å². The highest BCUT2D eigenvalue weighted by Gasteiger charge is 2.27. The molecule has 1 atom stereocenters. The van der Waals surface area contributed by atoms with Crippen LogP contribution in [0.3, 0.4) is 0 Å². The Morgan fingerprint density at radius 2 is 2.10 bits per heavy atom. The Balaban J connectivity index is 1.93. The molecule has 21 heavy (non-hydrogen) atoms. The highest BCUT2D eigenvalue weighted by molar-refractivity contribution is 6.35. The van der Waals surface area contributed by atoms with E-state index in [1.165, 1.54) is 0 Å². The third kappa shape index (κ3) is 4.25. The van der Waals surface area contributed by atoms with Gasteiger partial charge in [0.15, 0.2) is 6.10 Å². The number of aliphatic hydroxyl groups is 1. The molecule has 0 aliphatic carbocycles. The van der Waals surface area contributed by atoms with E-state index in [-0.39, 0.29) is 12.5 Å². The molecule has 1 aromatic carbocycles. The van der Waals surface area contributed by atoms with Gasteiger partial charge in [-0.25, -0.2) is 0 Å². The lowest BCUT2D eigenvalue weighted by Crippen LogP contribution is -2.45. The fourth-order valence-electron chi connectivity index (χ4n) is 2.40. The van der Waals surface area contributed by atoms with Gasteiger partial charge in [0.05, 0.1) is 5.02 Å². The number of hydrogen-bond donors (Lipinski definition) is 1. The first-order valence-electron chi connectivity index (χ1n) is 7.02. The Bertz CT molecular complexity index is 502. The molecule has 2 rings (SSSR count). The lowest BCUT2D eigenvalue weighted by atomic mass is 9.97. The van der Waals surface area contributed by atoms with Crippen LogP contribution in [0, 0.1) is 5.92 Å². The molecule has 1 fully saturated rings. The molecule has 0 aromatic heterocycles. The number of hydrogen-bond acceptors (Lipinski definition) is 3. The van der Waals surface area contributed by atoms with Gasteiger partial charge in [-0.15, -0.1) is 0 Å². The van der Waals surface area contributed by atoms with Crippen molar-refractivity contribution >= 4 is 29.1 Å². The van der Waals surface area contributed by atoms with E-state index in [9.17, 15) is 4.79 Å². The molecular formula is C15H19Cl2NO3. The number of halogens is 2. The summed E-state index contributed by atoms with van der Waals surface area (Å²) in [6.07, 6.45) is 1.06. The third-order valence-electron chi connectivity index (χ3n) is 3.73. The summed E-state index contributed by atoms with van der Waals surface area (Å²) >= 11 is 11.9. The van der Waals surface area contributed by atoms with Crippen LogP contribution >= 0.6 is 23.2 Å². The molecule has 1 unspecified atom stereocenters. The highest BCUT2D eigenvalue weighted by atomic mass is 35.5. The van der Waals surface area contributed by atoms with E-state index in [1.807, 2.05) is 0 Å². The lowest BCUT2D eigenvalue weighted by Gasteiger charge is -2.32. The smallest absolute Gasteiger partial charge is 0.263 e. The number of aliphatic hydroxyl groups excluding tert-OH is 1. The number of benzene rings is 1. The number of likely N-dealkylation sites (tertiary alicyclic amines) is 1. The maximum atomic E-state index is 12.3. The summed E-state index contributed by atoms with van der Waals surface area (Å²) in [6.45, 7) is 3.22. The number of ether oxygens (including phenoxy) is 1. The Labute approximate surface area is 134 Å². The molecule has 0 radical (unpaired) electrons. The molecule has 1 aliphatic heterocycles. The Morgan fingerprint density at radius 3 is 2.67 bits per heavy atom. The van der Waals surface area contributed by atoms with Gasteiger partial charge < -0.3 is 14.7 Å². The molecule has 1 amide bonds. The SMILES string of the molecule is CC(Oc1ccc(Cl)cc1Cl)C(=O)N1CCC(CO)CC1. The number of carbonyl (C=O) groups excluding carboxylic acids is 1. The quantitative estimate of drug-likeness (QED) is 0.922. The second-order valence-electron chi connectivity index (χ2n) is 5.29. The van der Waals surface area contributed by atoms with Crippen molar-refractivity contribution in [1.29, 1.82) is 0 Å². The number of carbonyl (C=O) groups is 1. The first kappa shape index (κ1) is 16.4. The summed E-state index contributed by atoms with van der Waals surface area (Å²) in [4.78, 5) is 14.1. The van der Waals surface area contributed by atoms with E-state index < -0.39 is 6.10 Å². The van der Waals surface area contributed by atoms with E-state index in [2.05, 4.69) is 0 Å². The van der Waals surface area contributed by atoms with Gasteiger partial charge in [-0.05, 0) is 43.9 Å². The average molecular weight is 332 g/mol. The Kier molecular flexibility index (Phi) is 5.73. The van der Waals surface area contributed by atoms with Gasteiger partial charge in [0.1, 0.15) is 5.75 Å². The second-order valence-corrected chi connectivity index (χ2v) is 6.13. The first-order valence-corrected chi connectivity index (χ1v) is 7.78. The van der Waals surface area contributed by atoms with Crippen molar-refractivity contribution in [3.8, 4) is 5.75 Å². The molecule has 0 saturated carbocycles. The van der Waals surface area contributed by atoms with E-state index >= 15 is 0 Å². The molecule has 1 saturated heterocycles. The predicted molar refractivity (Wildman–Crippen MR) is 82.9 cm³/mol. The van der Waals surface area contributed by atoms with Crippen molar-refractivity contribution in [3.05, 3.63) is 28.2 Å². The predicted octanol–water partition coefficient (Wildman–Crippen LogP) is 2.99. The van der Waals surface area contributed by atoms with E-state index in [1.54, 1.807) is 30.0 Å². The van der Waals surface area contributed by atoms with Crippen molar-refractivity contribution in [2.45, 2.75) is 25.9 Å². The molecule has 1 aliphatic rings. The normalized spacial score (nSPS) is 17.6. The van der Waals surface area contributed by atoms with Gasteiger partial charge in [-0.1, -0.05) is 23.2 Å². The summed E-state index contributed by atoms with van der Waals surface area (Å²) in [5, 5.41) is 10.0. The summed E-state index contributed by atoms with van der Waals surface area (Å²) < 4.78 is 5.64. The number of amides is 1. The number of piperidine rings is 1. The zero-order chi connectivity index (χ0) is 15.4. The van der Waals surface area contributed by atoms with E-state index in [0.717, 1.165) is 12.8 Å². The maximum Gasteiger partial charge on any atom is 0.263 e. The van der Waals surface area contributed by atoms with Crippen molar-refractivity contribution in [3.63, 3.8) is 0 Å². The van der Waals surface area contributed by atoms with Gasteiger partial charge in [-0.3, -0.25) is 4.79 Å². The first-order chi connectivity index (χ1) is 10.0. The van der Waals surface area contributed by atoms with Crippen LogP contribution in [0.4, 0.5) is 0 Å². The monoisotopic (exact) mass is 331 g/mol. The highest BCUT2D eigenvalue weighted by Crippen LogP contribution is 2.28. The molecule has 1 aromatic rings. The molecule has 4 nitrogen and oxygen atoms in total. The van der Waals surface area contributed by atoms with Gasteiger partial charge in [0.25, 0.3) is 5.91 Å². The molecule has 116 valence electrons. The fourth-order valence-corrected chi connectivity index (χ4v) is 2.86. The van der Waals surface area contributed by atoms with Gasteiger partial charge in [0.2, 0.25) is 0 Å². The molecule has 6 heteroatoms. The standard InChI is InChI=1S/C15H19Cl2NO3/c1-10(21-14-3-2-12(16)8-13(14)17)15(20)18-6-4-11(9-19)5-7-18/h2-3,8,10-11,19H,4-7,9H2,1H3. The van der Waals surface area contributed by atoms with Gasteiger partial charge in [-0.2, -0.15) is 0 Å². The maximum absolute atomic E-state index is 12.3. The van der Waals surface area contributed by atoms with Crippen LogP contribution in [0.2, 0.25) is 10.0 Å². The van der Waals surface area contributed by atoms with Crippen molar-refractivity contribution in [2.24, 2.45) is 5.92 Å². The van der Waals surface area contributed by atoms with Crippen LogP contribution in [0.15, 0.2) is 18.2 Å². The summed E-state index contributed by atoms with van der Waals surface area (Å²) in [5.74, 6) is 0.695. The van der Waals surface area contributed by atoms with Crippen LogP contribution in [0.1, 0.15) is 19.8 Å². The molecule has 0 spiro atoms. The van der Waals surface area contributed by atoms with E-state index in [4.69, 9.17) is 33.0 Å². The van der Waals surface area contributed by atoms with Gasteiger partial charge in [0, 0.05) is 24.7 Å². The van der Waals surface area contributed by atoms with Crippen LogP contribution in [0.5, 0.6) is 5.75 Å². The number of rotatable bonds is 4. The van der Waals surface area contributed by atoms with Crippen LogP contribution in [-0.4, -0.2) is 41.7 Å². The third-order valence-corrected chi connectivity index (χ3v) is 4.26. The molecule has 0 bridgehead atoms. The van der Waals surface area contributed by atoms with Crippen molar-refractivity contribution in [2.75, 3.05) is 19.7 Å². The average Bonchev–Trinajstić information content (AvgIpc) is 2.49. The molecular weight excluding hydrogens is 313 g/mol. The largest absolute Gasteiger partial charge is 0.479 e. The topological polar surface area (TPSA) is 49.8 Å². The van der Waals surface area contributed by atoms with Crippen LogP contribution in [-0.2, 0) is 4.79 Å². The number of nitrogens with zero attached hydrogens (tertiary/aromatic N) is 1. The Morgan fingerprint density at radius 1 is 1.43 bits per heavy atom. The molecule has 1 heterocycles.